The summed E-state index contributed by atoms with van der Waals surface area (Å²) in [5.41, 5.74) is 1.04. The first-order valence-electron chi connectivity index (χ1n) is 6.48. The molecule has 1 aromatic rings. The van der Waals surface area contributed by atoms with Gasteiger partial charge in [-0.1, -0.05) is 40.4 Å². The van der Waals surface area contributed by atoms with Gasteiger partial charge in [-0.25, -0.2) is 0 Å². The van der Waals surface area contributed by atoms with Gasteiger partial charge < -0.3 is 5.11 Å². The van der Waals surface area contributed by atoms with Gasteiger partial charge in [0.15, 0.2) is 0 Å². The van der Waals surface area contributed by atoms with Crippen molar-refractivity contribution in [2.75, 3.05) is 6.54 Å². The number of aliphatic carboxylic acids is 1. The molecule has 104 valence electrons. The zero-order valence-electron chi connectivity index (χ0n) is 10.6. The lowest BCUT2D eigenvalue weighted by Crippen LogP contribution is -2.40. The number of nitrogens with zero attached hydrogens (tertiary/aromatic N) is 1. The molecule has 5 heteroatoms. The van der Waals surface area contributed by atoms with Crippen LogP contribution in [0.2, 0.25) is 5.02 Å². The highest BCUT2D eigenvalue weighted by Gasteiger charge is 2.27. The lowest BCUT2D eigenvalue weighted by molar-refractivity contribution is -0.143. The molecule has 0 aromatic heterocycles. The van der Waals surface area contributed by atoms with E-state index in [1.807, 2.05) is 23.1 Å². The summed E-state index contributed by atoms with van der Waals surface area (Å²) >= 11 is 9.51. The lowest BCUT2D eigenvalue weighted by Gasteiger charge is -2.27. The van der Waals surface area contributed by atoms with Crippen molar-refractivity contribution in [3.8, 4) is 0 Å². The lowest BCUT2D eigenvalue weighted by atomic mass is 10.1. The molecule has 1 N–H and O–H groups in total. The SMILES string of the molecule is O=C(O)C1CCCCCN1Cc1cc(Cl)ccc1Br. The Morgan fingerprint density at radius 2 is 2.21 bits per heavy atom. The maximum absolute atomic E-state index is 11.4. The van der Waals surface area contributed by atoms with Gasteiger partial charge in [-0.2, -0.15) is 0 Å². The van der Waals surface area contributed by atoms with Crippen molar-refractivity contribution in [3.05, 3.63) is 33.3 Å². The normalized spacial score (nSPS) is 21.1. The Morgan fingerprint density at radius 1 is 1.42 bits per heavy atom. The molecule has 0 amide bonds. The maximum Gasteiger partial charge on any atom is 0.320 e. The van der Waals surface area contributed by atoms with Gasteiger partial charge in [-0.15, -0.1) is 0 Å². The van der Waals surface area contributed by atoms with Crippen molar-refractivity contribution < 1.29 is 9.90 Å². The third-order valence-corrected chi connectivity index (χ3v) is 4.54. The summed E-state index contributed by atoms with van der Waals surface area (Å²) in [6.07, 6.45) is 3.89. The Hall–Kier alpha value is -0.580. The number of hydrogen-bond acceptors (Lipinski definition) is 2. The Kier molecular flexibility index (Phi) is 5.25. The van der Waals surface area contributed by atoms with Gasteiger partial charge in [-0.3, -0.25) is 9.69 Å². The largest absolute Gasteiger partial charge is 0.480 e. The first-order chi connectivity index (χ1) is 9.08. The van der Waals surface area contributed by atoms with E-state index >= 15 is 0 Å². The number of rotatable bonds is 3. The van der Waals surface area contributed by atoms with E-state index in [1.165, 1.54) is 0 Å². The minimum Gasteiger partial charge on any atom is -0.480 e. The van der Waals surface area contributed by atoms with E-state index in [4.69, 9.17) is 11.6 Å². The second kappa shape index (κ2) is 6.73. The first kappa shape index (κ1) is 14.8. The number of hydrogen-bond donors (Lipinski definition) is 1. The summed E-state index contributed by atoms with van der Waals surface area (Å²) < 4.78 is 0.977. The molecule has 0 saturated carbocycles. The van der Waals surface area contributed by atoms with Crippen molar-refractivity contribution in [1.82, 2.24) is 4.90 Å². The van der Waals surface area contributed by atoms with Crippen molar-refractivity contribution >= 4 is 33.5 Å². The van der Waals surface area contributed by atoms with E-state index in [2.05, 4.69) is 15.9 Å². The molecule has 19 heavy (non-hydrogen) atoms. The summed E-state index contributed by atoms with van der Waals surface area (Å²) in [7, 11) is 0. The Balaban J connectivity index is 2.18. The van der Waals surface area contributed by atoms with Crippen LogP contribution in [0.1, 0.15) is 31.2 Å². The highest BCUT2D eigenvalue weighted by atomic mass is 79.9. The third kappa shape index (κ3) is 3.94. The Bertz CT molecular complexity index is 467. The first-order valence-corrected chi connectivity index (χ1v) is 7.66. The molecule has 1 atom stereocenters. The molecule has 1 fully saturated rings. The average Bonchev–Trinajstić information content (AvgIpc) is 2.59. The predicted octanol–water partition coefficient (Wildman–Crippen LogP) is 3.93. The molecular weight excluding hydrogens is 330 g/mol. The van der Waals surface area contributed by atoms with Crippen LogP contribution in [0.25, 0.3) is 0 Å². The summed E-state index contributed by atoms with van der Waals surface area (Å²) in [6, 6.07) is 5.25. The fraction of sp³-hybridized carbons (Fsp3) is 0.500. The molecule has 3 nitrogen and oxygen atoms in total. The predicted molar refractivity (Wildman–Crippen MR) is 79.5 cm³/mol. The number of carboxylic acid groups (broad SMARTS) is 1. The number of benzene rings is 1. The van der Waals surface area contributed by atoms with E-state index in [9.17, 15) is 9.90 Å². The van der Waals surface area contributed by atoms with Gasteiger partial charge in [0.2, 0.25) is 0 Å². The summed E-state index contributed by atoms with van der Waals surface area (Å²) in [6.45, 7) is 1.45. The van der Waals surface area contributed by atoms with Crippen LogP contribution in [-0.4, -0.2) is 28.6 Å². The molecule has 1 aliphatic heterocycles. The van der Waals surface area contributed by atoms with Crippen molar-refractivity contribution in [2.45, 2.75) is 38.3 Å². The Morgan fingerprint density at radius 3 is 2.95 bits per heavy atom. The van der Waals surface area contributed by atoms with Gasteiger partial charge in [0.1, 0.15) is 6.04 Å². The molecule has 0 bridgehead atoms. The van der Waals surface area contributed by atoms with Crippen LogP contribution in [0, 0.1) is 0 Å². The molecule has 1 aliphatic rings. The monoisotopic (exact) mass is 345 g/mol. The van der Waals surface area contributed by atoms with Crippen LogP contribution < -0.4 is 0 Å². The number of carboxylic acids is 1. The average molecular weight is 347 g/mol. The molecule has 0 aliphatic carbocycles. The number of carbonyl (C=O) groups is 1. The molecule has 0 radical (unpaired) electrons. The van der Waals surface area contributed by atoms with E-state index in [1.54, 1.807) is 0 Å². The zero-order chi connectivity index (χ0) is 13.8. The van der Waals surface area contributed by atoms with Gasteiger partial charge in [-0.05, 0) is 43.1 Å². The van der Waals surface area contributed by atoms with Gasteiger partial charge in [0, 0.05) is 16.0 Å². The smallest absolute Gasteiger partial charge is 0.320 e. The summed E-state index contributed by atoms with van der Waals surface area (Å²) in [5.74, 6) is -0.722. The topological polar surface area (TPSA) is 40.5 Å². The second-order valence-corrected chi connectivity index (χ2v) is 6.20. The van der Waals surface area contributed by atoms with Crippen molar-refractivity contribution in [3.63, 3.8) is 0 Å². The molecule has 1 saturated heterocycles. The highest BCUT2D eigenvalue weighted by Crippen LogP contribution is 2.25. The van der Waals surface area contributed by atoms with Crippen LogP contribution in [0.3, 0.4) is 0 Å². The van der Waals surface area contributed by atoms with Crippen LogP contribution in [-0.2, 0) is 11.3 Å². The van der Waals surface area contributed by atoms with E-state index in [-0.39, 0.29) is 6.04 Å². The maximum atomic E-state index is 11.4. The van der Waals surface area contributed by atoms with Crippen LogP contribution in [0.15, 0.2) is 22.7 Å². The number of likely N-dealkylation sites (tertiary alicyclic amines) is 1. The van der Waals surface area contributed by atoms with Crippen molar-refractivity contribution in [2.24, 2.45) is 0 Å². The molecule has 0 spiro atoms. The molecule has 2 rings (SSSR count). The minimum atomic E-state index is -0.722. The summed E-state index contributed by atoms with van der Waals surface area (Å²) in [5, 5.41) is 10.0. The highest BCUT2D eigenvalue weighted by molar-refractivity contribution is 9.10. The zero-order valence-corrected chi connectivity index (χ0v) is 13.0. The minimum absolute atomic E-state index is 0.381. The third-order valence-electron chi connectivity index (χ3n) is 3.53. The summed E-state index contributed by atoms with van der Waals surface area (Å²) in [4.78, 5) is 13.4. The van der Waals surface area contributed by atoms with E-state index in [0.29, 0.717) is 11.6 Å². The number of halogens is 2. The van der Waals surface area contributed by atoms with Gasteiger partial charge in [0.25, 0.3) is 0 Å². The second-order valence-electron chi connectivity index (χ2n) is 4.91. The fourth-order valence-corrected chi connectivity index (χ4v) is 3.09. The van der Waals surface area contributed by atoms with Crippen molar-refractivity contribution in [1.29, 1.82) is 0 Å². The molecular formula is C14H17BrClNO2. The standard InChI is InChI=1S/C14H17BrClNO2/c15-12-6-5-11(16)8-10(12)9-17-7-3-1-2-4-13(17)14(18)19/h5-6,8,13H,1-4,7,9H2,(H,18,19). The quantitative estimate of drug-likeness (QED) is 0.901. The van der Waals surface area contributed by atoms with E-state index in [0.717, 1.165) is 42.3 Å². The van der Waals surface area contributed by atoms with Crippen LogP contribution in [0.5, 0.6) is 0 Å². The van der Waals surface area contributed by atoms with E-state index < -0.39 is 5.97 Å². The molecule has 1 aromatic carbocycles. The Labute approximate surface area is 126 Å². The fourth-order valence-electron chi connectivity index (χ4n) is 2.52. The van der Waals surface area contributed by atoms with Crippen LogP contribution in [0.4, 0.5) is 0 Å². The van der Waals surface area contributed by atoms with Gasteiger partial charge in [0.05, 0.1) is 0 Å². The molecule has 1 unspecified atom stereocenters. The molecule has 1 heterocycles. The van der Waals surface area contributed by atoms with Crippen LogP contribution >= 0.6 is 27.5 Å². The van der Waals surface area contributed by atoms with Gasteiger partial charge >= 0.3 is 5.97 Å².